The van der Waals surface area contributed by atoms with Crippen LogP contribution in [0.15, 0.2) is 53.7 Å². The van der Waals surface area contributed by atoms with Crippen LogP contribution in [-0.2, 0) is 6.54 Å². The zero-order chi connectivity index (χ0) is 21.2. The van der Waals surface area contributed by atoms with Crippen molar-refractivity contribution in [1.29, 1.82) is 0 Å². The molecule has 0 spiro atoms. The average Bonchev–Trinajstić information content (AvgIpc) is 3.43. The Morgan fingerprint density at radius 3 is 2.87 bits per heavy atom. The average molecular weight is 414 g/mol. The third kappa shape index (κ3) is 3.68. The number of anilines is 2. The Hall–Kier alpha value is -3.93. The summed E-state index contributed by atoms with van der Waals surface area (Å²) in [5.41, 5.74) is 2.41. The maximum Gasteiger partial charge on any atom is 0.261 e. The lowest BCUT2D eigenvalue weighted by Crippen LogP contribution is -2.26. The number of nitrogens with one attached hydrogen (secondary N) is 2. The lowest BCUT2D eigenvalue weighted by Gasteiger charge is -2.24. The topological polar surface area (TPSA) is 97.8 Å². The van der Waals surface area contributed by atoms with E-state index in [1.54, 1.807) is 23.4 Å². The number of hydrogen-bond donors (Lipinski definition) is 2. The molecule has 0 saturated heterocycles. The largest absolute Gasteiger partial charge is 0.338 e. The monoisotopic (exact) mass is 414 g/mol. The van der Waals surface area contributed by atoms with Gasteiger partial charge in [-0.15, -0.1) is 0 Å². The molecule has 0 unspecified atom stereocenters. The van der Waals surface area contributed by atoms with Gasteiger partial charge in [-0.25, -0.2) is 6.57 Å². The summed E-state index contributed by atoms with van der Waals surface area (Å²) in [7, 11) is 0. The molecule has 0 bridgehead atoms. The van der Waals surface area contributed by atoms with Gasteiger partial charge in [-0.05, 0) is 36.6 Å². The number of aromatic amines is 1. The molecule has 1 fully saturated rings. The van der Waals surface area contributed by atoms with E-state index in [4.69, 9.17) is 11.7 Å². The Kier molecular flexibility index (Phi) is 4.96. The van der Waals surface area contributed by atoms with Gasteiger partial charge in [0.05, 0.1) is 24.5 Å². The molecule has 1 aliphatic carbocycles. The zero-order valence-corrected chi connectivity index (χ0v) is 16.9. The smallest absolute Gasteiger partial charge is 0.261 e. The quantitative estimate of drug-likeness (QED) is 0.487. The highest BCUT2D eigenvalue weighted by Crippen LogP contribution is 2.34. The SMILES string of the molecule is [C-]#[N+][C@H]1CCCC[C@@H]1n1nc(Nc2cccc(Cn3nccn3)c2)c2c(=O)[nH]ccc21. The molecule has 1 aliphatic rings. The first-order valence-electron chi connectivity index (χ1n) is 10.4. The molecule has 2 N–H and O–H groups in total. The minimum atomic E-state index is -0.196. The van der Waals surface area contributed by atoms with Gasteiger partial charge in [-0.3, -0.25) is 9.48 Å². The van der Waals surface area contributed by atoms with Gasteiger partial charge >= 0.3 is 0 Å². The Morgan fingerprint density at radius 2 is 2.03 bits per heavy atom. The van der Waals surface area contributed by atoms with E-state index in [0.29, 0.717) is 17.7 Å². The van der Waals surface area contributed by atoms with Crippen LogP contribution >= 0.6 is 0 Å². The van der Waals surface area contributed by atoms with E-state index < -0.39 is 0 Å². The molecule has 156 valence electrons. The highest BCUT2D eigenvalue weighted by atomic mass is 16.1. The van der Waals surface area contributed by atoms with Crippen LogP contribution < -0.4 is 10.9 Å². The summed E-state index contributed by atoms with van der Waals surface area (Å²) in [6.45, 7) is 8.15. The molecule has 9 nitrogen and oxygen atoms in total. The number of pyridine rings is 1. The van der Waals surface area contributed by atoms with Gasteiger partial charge in [0.2, 0.25) is 6.04 Å². The van der Waals surface area contributed by atoms with Gasteiger partial charge in [0, 0.05) is 18.3 Å². The van der Waals surface area contributed by atoms with Crippen molar-refractivity contribution >= 4 is 22.4 Å². The summed E-state index contributed by atoms with van der Waals surface area (Å²) in [5.74, 6) is 0.500. The number of H-pyrrole nitrogens is 1. The number of benzene rings is 1. The molecule has 31 heavy (non-hydrogen) atoms. The van der Waals surface area contributed by atoms with E-state index in [-0.39, 0.29) is 17.6 Å². The third-order valence-corrected chi connectivity index (χ3v) is 5.78. The second kappa shape index (κ2) is 8.07. The number of aromatic nitrogens is 6. The first-order valence-corrected chi connectivity index (χ1v) is 10.4. The molecule has 0 aliphatic heterocycles. The number of hydrogen-bond acceptors (Lipinski definition) is 5. The van der Waals surface area contributed by atoms with Crippen LogP contribution in [-0.4, -0.2) is 35.8 Å². The van der Waals surface area contributed by atoms with Crippen molar-refractivity contribution in [3.05, 3.63) is 76.3 Å². The second-order valence-corrected chi connectivity index (χ2v) is 7.79. The molecular formula is C22H22N8O. The van der Waals surface area contributed by atoms with Crippen molar-refractivity contribution in [3.63, 3.8) is 0 Å². The van der Waals surface area contributed by atoms with Crippen molar-refractivity contribution in [2.24, 2.45) is 0 Å². The molecule has 5 rings (SSSR count). The van der Waals surface area contributed by atoms with E-state index in [1.807, 2.05) is 35.0 Å². The maximum atomic E-state index is 12.7. The summed E-state index contributed by atoms with van der Waals surface area (Å²) in [5, 5.41) is 16.9. The van der Waals surface area contributed by atoms with Crippen molar-refractivity contribution in [2.75, 3.05) is 5.32 Å². The fourth-order valence-electron chi connectivity index (χ4n) is 4.34. The van der Waals surface area contributed by atoms with Gasteiger partial charge in [-0.2, -0.15) is 20.1 Å². The molecule has 3 heterocycles. The van der Waals surface area contributed by atoms with Crippen molar-refractivity contribution in [2.45, 2.75) is 44.3 Å². The van der Waals surface area contributed by atoms with E-state index in [0.717, 1.165) is 42.5 Å². The normalized spacial score (nSPS) is 18.7. The van der Waals surface area contributed by atoms with Crippen LogP contribution in [0.1, 0.15) is 37.3 Å². The van der Waals surface area contributed by atoms with Gasteiger partial charge in [0.25, 0.3) is 5.56 Å². The predicted molar refractivity (Wildman–Crippen MR) is 117 cm³/mol. The predicted octanol–water partition coefficient (Wildman–Crippen LogP) is 3.51. The standard InChI is InChI=1S/C22H22N8O/c1-23-17-7-2-3-8-18(17)30-19-9-10-24-22(31)20(19)21(28-30)27-16-6-4-5-15(13-16)14-29-25-11-12-26-29/h4-6,9-13,17-18H,2-3,7-8,14H2,(H,24,31)(H,27,28)/t17-,18-/m0/s1. The Morgan fingerprint density at radius 1 is 1.19 bits per heavy atom. The van der Waals surface area contributed by atoms with Crippen molar-refractivity contribution < 1.29 is 0 Å². The fourth-order valence-corrected chi connectivity index (χ4v) is 4.34. The summed E-state index contributed by atoms with van der Waals surface area (Å²) in [4.78, 5) is 20.9. The van der Waals surface area contributed by atoms with Crippen LogP contribution in [0.2, 0.25) is 0 Å². The maximum absolute atomic E-state index is 12.7. The van der Waals surface area contributed by atoms with Crippen LogP contribution in [0.3, 0.4) is 0 Å². The number of rotatable bonds is 5. The Labute approximate surface area is 178 Å². The minimum Gasteiger partial charge on any atom is -0.338 e. The van der Waals surface area contributed by atoms with Gasteiger partial charge in [0.1, 0.15) is 11.4 Å². The molecule has 1 aromatic carbocycles. The number of nitrogens with zero attached hydrogens (tertiary/aromatic N) is 6. The van der Waals surface area contributed by atoms with E-state index in [2.05, 4.69) is 25.3 Å². The lowest BCUT2D eigenvalue weighted by atomic mass is 9.91. The zero-order valence-electron chi connectivity index (χ0n) is 16.9. The van der Waals surface area contributed by atoms with E-state index in [9.17, 15) is 4.79 Å². The summed E-state index contributed by atoms with van der Waals surface area (Å²) < 4.78 is 1.88. The minimum absolute atomic E-state index is 0.0247. The first-order chi connectivity index (χ1) is 15.2. The lowest BCUT2D eigenvalue weighted by molar-refractivity contribution is 0.321. The molecule has 0 radical (unpaired) electrons. The molecule has 0 amide bonds. The number of fused-ring (bicyclic) bond motifs is 1. The summed E-state index contributed by atoms with van der Waals surface area (Å²) >= 11 is 0. The Balaban J connectivity index is 1.52. The van der Waals surface area contributed by atoms with Crippen LogP contribution in [0.5, 0.6) is 0 Å². The molecule has 1 saturated carbocycles. The van der Waals surface area contributed by atoms with Gasteiger partial charge in [0.15, 0.2) is 5.82 Å². The van der Waals surface area contributed by atoms with Gasteiger partial charge < -0.3 is 15.1 Å². The molecular weight excluding hydrogens is 392 g/mol. The Bertz CT molecular complexity index is 1300. The molecule has 3 aromatic heterocycles. The molecule has 9 heteroatoms. The highest BCUT2D eigenvalue weighted by molar-refractivity contribution is 5.91. The van der Waals surface area contributed by atoms with E-state index >= 15 is 0 Å². The highest BCUT2D eigenvalue weighted by Gasteiger charge is 2.33. The fraction of sp³-hybridized carbons (Fsp3) is 0.318. The first kappa shape index (κ1) is 19.1. The van der Waals surface area contributed by atoms with Crippen LogP contribution in [0, 0.1) is 6.57 Å². The van der Waals surface area contributed by atoms with Crippen LogP contribution in [0.4, 0.5) is 11.5 Å². The van der Waals surface area contributed by atoms with Crippen LogP contribution in [0.25, 0.3) is 15.7 Å². The van der Waals surface area contributed by atoms with E-state index in [1.165, 1.54) is 0 Å². The van der Waals surface area contributed by atoms with Crippen molar-refractivity contribution in [1.82, 2.24) is 29.8 Å². The third-order valence-electron chi connectivity index (χ3n) is 5.78. The molecule has 4 aromatic rings. The summed E-state index contributed by atoms with van der Waals surface area (Å²) in [6.07, 6.45) is 8.82. The summed E-state index contributed by atoms with van der Waals surface area (Å²) in [6, 6.07) is 9.60. The molecule has 2 atom stereocenters. The van der Waals surface area contributed by atoms with Crippen molar-refractivity contribution in [3.8, 4) is 0 Å². The van der Waals surface area contributed by atoms with Gasteiger partial charge in [-0.1, -0.05) is 18.6 Å². The second-order valence-electron chi connectivity index (χ2n) is 7.79.